The Kier molecular flexibility index (Phi) is 3.04. The third-order valence-corrected chi connectivity index (χ3v) is 3.99. The molecule has 0 spiro atoms. The predicted molar refractivity (Wildman–Crippen MR) is 88.8 cm³/mol. The van der Waals surface area contributed by atoms with Crippen molar-refractivity contribution in [2.45, 2.75) is 19.7 Å². The first-order valence-corrected chi connectivity index (χ1v) is 7.48. The summed E-state index contributed by atoms with van der Waals surface area (Å²) in [7, 11) is 0. The average Bonchev–Trinajstić information content (AvgIpc) is 2.92. The molecule has 4 rings (SSSR count). The van der Waals surface area contributed by atoms with Gasteiger partial charge in [0.1, 0.15) is 17.2 Å². The van der Waals surface area contributed by atoms with Gasteiger partial charge >= 0.3 is 0 Å². The summed E-state index contributed by atoms with van der Waals surface area (Å²) in [4.78, 5) is 8.12. The molecular formula is C19H14F2N2O. The molecule has 0 N–H and O–H groups in total. The molecule has 0 unspecified atom stereocenters. The first-order chi connectivity index (χ1) is 11.8. The van der Waals surface area contributed by atoms with E-state index in [1.54, 1.807) is 32.0 Å². The maximum atomic E-state index is 14.0. The van der Waals surface area contributed by atoms with Gasteiger partial charge in [-0.2, -0.15) is 0 Å². The smallest absolute Gasteiger partial charge is 0.227 e. The summed E-state index contributed by atoms with van der Waals surface area (Å²) in [6, 6.07) is 8.33. The van der Waals surface area contributed by atoms with E-state index < -0.39 is 17.5 Å². The molecule has 0 radical (unpaired) electrons. The number of benzene rings is 1. The molecule has 120 valence electrons. The van der Waals surface area contributed by atoms with Gasteiger partial charge in [-0.15, -0.1) is 0 Å². The van der Waals surface area contributed by atoms with E-state index in [2.05, 4.69) is 9.97 Å². The van der Waals surface area contributed by atoms with E-state index in [-0.39, 0.29) is 5.56 Å². The van der Waals surface area contributed by atoms with Crippen LogP contribution in [0.15, 0.2) is 47.1 Å². The number of hydrogen-bond acceptors (Lipinski definition) is 3. The number of aromatic nitrogens is 2. The summed E-state index contributed by atoms with van der Waals surface area (Å²) in [5, 5.41) is 1.28. The van der Waals surface area contributed by atoms with Gasteiger partial charge in [-0.1, -0.05) is 26.0 Å². The molecule has 0 aliphatic carbocycles. The predicted octanol–water partition coefficient (Wildman–Crippen LogP) is 5.44. The Hall–Kier alpha value is -2.82. The zero-order chi connectivity index (χ0) is 17.8. The largest absolute Gasteiger partial charge is 0.437 e. The average molecular weight is 325 g/mol. The summed E-state index contributed by atoms with van der Waals surface area (Å²) in [5.41, 5.74) is 2.20. The van der Waals surface area contributed by atoms with Gasteiger partial charge in [-0.25, -0.2) is 13.8 Å². The number of fused-ring (bicyclic) bond motifs is 3. The van der Waals surface area contributed by atoms with Gasteiger partial charge in [0.05, 0.1) is 23.5 Å². The molecule has 0 saturated heterocycles. The molecule has 24 heavy (non-hydrogen) atoms. The van der Waals surface area contributed by atoms with Crippen LogP contribution < -0.4 is 0 Å². The second-order valence-electron chi connectivity index (χ2n) is 5.84. The van der Waals surface area contributed by atoms with Crippen LogP contribution in [-0.4, -0.2) is 9.97 Å². The molecular weight excluding hydrogens is 310 g/mol. The highest BCUT2D eigenvalue weighted by atomic mass is 19.1. The van der Waals surface area contributed by atoms with Crippen molar-refractivity contribution in [1.82, 2.24) is 9.97 Å². The van der Waals surface area contributed by atoms with Gasteiger partial charge < -0.3 is 4.42 Å². The SMILES string of the molecule is [2H]C(C)(C)c1cc(-c2cccc3c2oc2ncc(F)cc23)ncc1F. The highest BCUT2D eigenvalue weighted by Crippen LogP contribution is 2.35. The molecule has 3 aromatic heterocycles. The monoisotopic (exact) mass is 325 g/mol. The van der Waals surface area contributed by atoms with Crippen LogP contribution in [0, 0.1) is 11.6 Å². The van der Waals surface area contributed by atoms with Crippen molar-refractivity contribution >= 4 is 22.1 Å². The van der Waals surface area contributed by atoms with Crippen LogP contribution in [0.25, 0.3) is 33.3 Å². The van der Waals surface area contributed by atoms with Crippen molar-refractivity contribution in [3.63, 3.8) is 0 Å². The van der Waals surface area contributed by atoms with Crippen LogP contribution in [0.2, 0.25) is 0 Å². The summed E-state index contributed by atoms with van der Waals surface area (Å²) in [6.07, 6.45) is 2.21. The van der Waals surface area contributed by atoms with Gasteiger partial charge in [0.15, 0.2) is 0 Å². The fraction of sp³-hybridized carbons (Fsp3) is 0.158. The van der Waals surface area contributed by atoms with E-state index in [4.69, 9.17) is 5.79 Å². The van der Waals surface area contributed by atoms with Crippen molar-refractivity contribution in [1.29, 1.82) is 0 Å². The summed E-state index contributed by atoms with van der Waals surface area (Å²) >= 11 is 0. The number of nitrogens with zero attached hydrogens (tertiary/aromatic N) is 2. The fourth-order valence-corrected chi connectivity index (χ4v) is 2.83. The molecule has 0 saturated carbocycles. The standard InChI is InChI=1S/C19H14F2N2O/c1-10(2)14-7-17(22-9-16(14)21)13-5-3-4-12-15-6-11(20)8-23-19(15)24-18(12)13/h3-10H,1-2H3/i10D. The lowest BCUT2D eigenvalue weighted by Gasteiger charge is -2.09. The number of rotatable bonds is 2. The van der Waals surface area contributed by atoms with E-state index in [9.17, 15) is 8.78 Å². The van der Waals surface area contributed by atoms with Crippen LogP contribution in [-0.2, 0) is 0 Å². The van der Waals surface area contributed by atoms with E-state index in [0.717, 1.165) is 12.4 Å². The van der Waals surface area contributed by atoms with E-state index in [0.29, 0.717) is 33.3 Å². The third-order valence-electron chi connectivity index (χ3n) is 3.99. The quantitative estimate of drug-likeness (QED) is 0.492. The summed E-state index contributed by atoms with van der Waals surface area (Å²) in [6.45, 7) is 3.23. The van der Waals surface area contributed by atoms with E-state index in [1.807, 2.05) is 6.07 Å². The number of para-hydroxylation sites is 1. The molecule has 3 nitrogen and oxygen atoms in total. The van der Waals surface area contributed by atoms with Crippen molar-refractivity contribution in [3.05, 3.63) is 59.9 Å². The second-order valence-corrected chi connectivity index (χ2v) is 5.84. The minimum Gasteiger partial charge on any atom is -0.437 e. The lowest BCUT2D eigenvalue weighted by Crippen LogP contribution is -1.96. The zero-order valence-electron chi connectivity index (χ0n) is 14.1. The Balaban J connectivity index is 2.00. The number of furan rings is 1. The van der Waals surface area contributed by atoms with Crippen LogP contribution in [0.4, 0.5) is 8.78 Å². The second kappa shape index (κ2) is 5.37. The van der Waals surface area contributed by atoms with Crippen molar-refractivity contribution < 1.29 is 14.6 Å². The number of hydrogen-bond donors (Lipinski definition) is 0. The van der Waals surface area contributed by atoms with Gasteiger partial charge in [0.25, 0.3) is 0 Å². The molecule has 0 amide bonds. The molecule has 0 aliphatic rings. The fourth-order valence-electron chi connectivity index (χ4n) is 2.83. The highest BCUT2D eigenvalue weighted by molar-refractivity contribution is 6.08. The van der Waals surface area contributed by atoms with Crippen LogP contribution in [0.3, 0.4) is 0 Å². The van der Waals surface area contributed by atoms with E-state index in [1.165, 1.54) is 6.07 Å². The van der Waals surface area contributed by atoms with Gasteiger partial charge in [-0.3, -0.25) is 4.98 Å². The Bertz CT molecular complexity index is 1120. The lowest BCUT2D eigenvalue weighted by molar-refractivity contribution is 0.592. The Labute approximate surface area is 138 Å². The van der Waals surface area contributed by atoms with Gasteiger partial charge in [-0.05, 0) is 29.7 Å². The Morgan fingerprint density at radius 3 is 2.71 bits per heavy atom. The minimum absolute atomic E-state index is 0.245. The third kappa shape index (κ3) is 2.24. The first kappa shape index (κ1) is 13.6. The first-order valence-electron chi connectivity index (χ1n) is 7.98. The maximum Gasteiger partial charge on any atom is 0.227 e. The molecule has 0 atom stereocenters. The van der Waals surface area contributed by atoms with Gasteiger partial charge in [0.2, 0.25) is 5.71 Å². The Morgan fingerprint density at radius 2 is 1.92 bits per heavy atom. The molecule has 3 heterocycles. The van der Waals surface area contributed by atoms with Crippen LogP contribution >= 0.6 is 0 Å². The molecule has 0 fully saturated rings. The molecule has 5 heteroatoms. The van der Waals surface area contributed by atoms with Gasteiger partial charge in [0, 0.05) is 12.3 Å². The van der Waals surface area contributed by atoms with Crippen LogP contribution in [0.1, 0.15) is 26.7 Å². The zero-order valence-corrected chi connectivity index (χ0v) is 13.1. The summed E-state index contributed by atoms with van der Waals surface area (Å²) in [5.74, 6) is -2.07. The minimum atomic E-state index is -1.10. The molecule has 4 aromatic rings. The normalized spacial score (nSPS) is 12.8. The van der Waals surface area contributed by atoms with E-state index >= 15 is 0 Å². The molecule has 0 bridgehead atoms. The van der Waals surface area contributed by atoms with Crippen LogP contribution in [0.5, 0.6) is 0 Å². The van der Waals surface area contributed by atoms with Crippen molar-refractivity contribution in [3.8, 4) is 11.3 Å². The van der Waals surface area contributed by atoms with Crippen molar-refractivity contribution in [2.24, 2.45) is 0 Å². The van der Waals surface area contributed by atoms with Crippen molar-refractivity contribution in [2.75, 3.05) is 0 Å². The highest BCUT2D eigenvalue weighted by Gasteiger charge is 2.16. The molecule has 0 aliphatic heterocycles. The Morgan fingerprint density at radius 1 is 1.08 bits per heavy atom. The topological polar surface area (TPSA) is 38.9 Å². The lowest BCUT2D eigenvalue weighted by atomic mass is 10.00. The molecule has 1 aromatic carbocycles. The maximum absolute atomic E-state index is 14.0. The summed E-state index contributed by atoms with van der Waals surface area (Å²) < 4.78 is 41.5. The number of halogens is 2. The number of pyridine rings is 2.